The zero-order valence-corrected chi connectivity index (χ0v) is 10.8. The lowest BCUT2D eigenvalue weighted by molar-refractivity contribution is 0.0597. The molecule has 18 heavy (non-hydrogen) atoms. The molecule has 0 N–H and O–H groups in total. The minimum atomic E-state index is -0.333. The number of pyridine rings is 1. The van der Waals surface area contributed by atoms with E-state index in [2.05, 4.69) is 9.88 Å². The lowest BCUT2D eigenvalue weighted by Crippen LogP contribution is -2.24. The van der Waals surface area contributed by atoms with E-state index in [9.17, 15) is 4.79 Å². The van der Waals surface area contributed by atoms with Crippen LogP contribution in [0.3, 0.4) is 0 Å². The standard InChI is InChI=1S/C13H18N2O3/c1-17-10-5-7-15(8-10)9-12-11(13(16)18-2)4-3-6-14-12/h3-4,6,10H,5,7-9H2,1-2H3. The fourth-order valence-corrected chi connectivity index (χ4v) is 2.20. The third-order valence-electron chi connectivity index (χ3n) is 3.23. The molecule has 1 unspecified atom stereocenters. The molecule has 1 aliphatic rings. The Kier molecular flexibility index (Phi) is 4.28. The summed E-state index contributed by atoms with van der Waals surface area (Å²) in [5.41, 5.74) is 1.31. The van der Waals surface area contributed by atoms with Crippen LogP contribution in [-0.2, 0) is 16.0 Å². The van der Waals surface area contributed by atoms with Crippen molar-refractivity contribution in [2.75, 3.05) is 27.3 Å². The number of methoxy groups -OCH3 is 2. The second-order valence-electron chi connectivity index (χ2n) is 4.37. The monoisotopic (exact) mass is 250 g/mol. The van der Waals surface area contributed by atoms with Gasteiger partial charge in [-0.3, -0.25) is 9.88 Å². The quantitative estimate of drug-likeness (QED) is 0.749. The van der Waals surface area contributed by atoms with E-state index < -0.39 is 0 Å². The van der Waals surface area contributed by atoms with E-state index in [1.807, 2.05) is 0 Å². The average Bonchev–Trinajstić information content (AvgIpc) is 2.86. The van der Waals surface area contributed by atoms with Crippen LogP contribution in [0.2, 0.25) is 0 Å². The maximum absolute atomic E-state index is 11.6. The normalized spacial score (nSPS) is 20.0. The second kappa shape index (κ2) is 5.93. The fraction of sp³-hybridized carbons (Fsp3) is 0.538. The minimum Gasteiger partial charge on any atom is -0.465 e. The molecule has 1 saturated heterocycles. The Morgan fingerprint density at radius 2 is 2.39 bits per heavy atom. The molecule has 0 aliphatic carbocycles. The van der Waals surface area contributed by atoms with Crippen molar-refractivity contribution in [1.29, 1.82) is 0 Å². The van der Waals surface area contributed by atoms with Crippen molar-refractivity contribution in [3.63, 3.8) is 0 Å². The first-order valence-corrected chi connectivity index (χ1v) is 6.02. The van der Waals surface area contributed by atoms with Gasteiger partial charge in [0.15, 0.2) is 0 Å². The maximum atomic E-state index is 11.6. The molecule has 0 spiro atoms. The molecule has 98 valence electrons. The van der Waals surface area contributed by atoms with Gasteiger partial charge in [0, 0.05) is 32.9 Å². The smallest absolute Gasteiger partial charge is 0.339 e. The Bertz CT molecular complexity index is 422. The molecule has 5 heteroatoms. The largest absolute Gasteiger partial charge is 0.465 e. The number of ether oxygens (including phenoxy) is 2. The highest BCUT2D eigenvalue weighted by Gasteiger charge is 2.24. The lowest BCUT2D eigenvalue weighted by atomic mass is 10.2. The number of carbonyl (C=O) groups is 1. The number of esters is 1. The van der Waals surface area contributed by atoms with Gasteiger partial charge >= 0.3 is 5.97 Å². The molecule has 0 amide bonds. The van der Waals surface area contributed by atoms with Crippen molar-refractivity contribution >= 4 is 5.97 Å². The first kappa shape index (κ1) is 13.0. The summed E-state index contributed by atoms with van der Waals surface area (Å²) in [6.07, 6.45) is 3.01. The number of aromatic nitrogens is 1. The van der Waals surface area contributed by atoms with Crippen LogP contribution in [0, 0.1) is 0 Å². The molecule has 5 nitrogen and oxygen atoms in total. The topological polar surface area (TPSA) is 51.7 Å². The summed E-state index contributed by atoms with van der Waals surface area (Å²) in [5, 5.41) is 0. The van der Waals surface area contributed by atoms with Gasteiger partial charge in [-0.05, 0) is 18.6 Å². The first-order chi connectivity index (χ1) is 8.74. The van der Waals surface area contributed by atoms with Crippen LogP contribution in [-0.4, -0.2) is 49.3 Å². The molecule has 2 rings (SSSR count). The first-order valence-electron chi connectivity index (χ1n) is 6.02. The zero-order chi connectivity index (χ0) is 13.0. The third-order valence-corrected chi connectivity index (χ3v) is 3.23. The number of carbonyl (C=O) groups excluding carboxylic acids is 1. The summed E-state index contributed by atoms with van der Waals surface area (Å²) in [7, 11) is 3.12. The van der Waals surface area contributed by atoms with Gasteiger partial charge in [0.1, 0.15) is 0 Å². The van der Waals surface area contributed by atoms with E-state index in [0.29, 0.717) is 12.1 Å². The van der Waals surface area contributed by atoms with Gasteiger partial charge in [-0.25, -0.2) is 4.79 Å². The summed E-state index contributed by atoms with van der Waals surface area (Å²) < 4.78 is 10.1. The highest BCUT2D eigenvalue weighted by Crippen LogP contribution is 2.16. The second-order valence-corrected chi connectivity index (χ2v) is 4.37. The van der Waals surface area contributed by atoms with Gasteiger partial charge in [-0.2, -0.15) is 0 Å². The van der Waals surface area contributed by atoms with Crippen LogP contribution in [0.5, 0.6) is 0 Å². The highest BCUT2D eigenvalue weighted by atomic mass is 16.5. The molecule has 1 aromatic rings. The van der Waals surface area contributed by atoms with E-state index in [1.54, 1.807) is 25.4 Å². The molecular formula is C13H18N2O3. The van der Waals surface area contributed by atoms with Gasteiger partial charge in [-0.15, -0.1) is 0 Å². The lowest BCUT2D eigenvalue weighted by Gasteiger charge is -2.16. The molecule has 1 fully saturated rings. The van der Waals surface area contributed by atoms with Crippen LogP contribution >= 0.6 is 0 Å². The van der Waals surface area contributed by atoms with Gasteiger partial charge < -0.3 is 9.47 Å². The van der Waals surface area contributed by atoms with Crippen molar-refractivity contribution in [1.82, 2.24) is 9.88 Å². The van der Waals surface area contributed by atoms with Gasteiger partial charge in [0.2, 0.25) is 0 Å². The number of likely N-dealkylation sites (tertiary alicyclic amines) is 1. The Balaban J connectivity index is 2.07. The van der Waals surface area contributed by atoms with Crippen molar-refractivity contribution < 1.29 is 14.3 Å². The summed E-state index contributed by atoms with van der Waals surface area (Å²) in [6, 6.07) is 3.50. The summed E-state index contributed by atoms with van der Waals surface area (Å²) in [5.74, 6) is -0.333. The molecule has 0 saturated carbocycles. The Labute approximate surface area is 107 Å². The van der Waals surface area contributed by atoms with Gasteiger partial charge in [-0.1, -0.05) is 0 Å². The number of rotatable bonds is 4. The van der Waals surface area contributed by atoms with E-state index in [4.69, 9.17) is 9.47 Å². The van der Waals surface area contributed by atoms with Gasteiger partial charge in [0.25, 0.3) is 0 Å². The number of nitrogens with zero attached hydrogens (tertiary/aromatic N) is 2. The fourth-order valence-electron chi connectivity index (χ4n) is 2.20. The summed E-state index contributed by atoms with van der Waals surface area (Å²) >= 11 is 0. The highest BCUT2D eigenvalue weighted by molar-refractivity contribution is 5.90. The predicted molar refractivity (Wildman–Crippen MR) is 66.3 cm³/mol. The molecule has 0 aromatic carbocycles. The SMILES string of the molecule is COC(=O)c1cccnc1CN1CCC(OC)C1. The van der Waals surface area contributed by atoms with E-state index >= 15 is 0 Å². The van der Waals surface area contributed by atoms with Crippen LogP contribution in [0.4, 0.5) is 0 Å². The molecule has 1 atom stereocenters. The molecule has 1 aliphatic heterocycles. The van der Waals surface area contributed by atoms with E-state index in [-0.39, 0.29) is 12.1 Å². The maximum Gasteiger partial charge on any atom is 0.339 e. The van der Waals surface area contributed by atoms with Crippen LogP contribution in [0.25, 0.3) is 0 Å². The Morgan fingerprint density at radius 3 is 3.06 bits per heavy atom. The summed E-state index contributed by atoms with van der Waals surface area (Å²) in [4.78, 5) is 18.1. The predicted octanol–water partition coefficient (Wildman–Crippen LogP) is 1.09. The Morgan fingerprint density at radius 1 is 1.56 bits per heavy atom. The molecule has 0 bridgehead atoms. The van der Waals surface area contributed by atoms with Crippen molar-refractivity contribution in [2.45, 2.75) is 19.1 Å². The molecule has 0 radical (unpaired) electrons. The third kappa shape index (κ3) is 2.86. The van der Waals surface area contributed by atoms with Crippen LogP contribution in [0.15, 0.2) is 18.3 Å². The van der Waals surface area contributed by atoms with Crippen molar-refractivity contribution in [2.24, 2.45) is 0 Å². The van der Waals surface area contributed by atoms with Crippen LogP contribution < -0.4 is 0 Å². The van der Waals surface area contributed by atoms with Crippen LogP contribution in [0.1, 0.15) is 22.5 Å². The summed E-state index contributed by atoms with van der Waals surface area (Å²) in [6.45, 7) is 2.51. The minimum absolute atomic E-state index is 0.287. The zero-order valence-electron chi connectivity index (χ0n) is 10.8. The van der Waals surface area contributed by atoms with Crippen molar-refractivity contribution in [3.05, 3.63) is 29.6 Å². The number of hydrogen-bond donors (Lipinski definition) is 0. The average molecular weight is 250 g/mol. The Hall–Kier alpha value is -1.46. The van der Waals surface area contributed by atoms with E-state index in [1.165, 1.54) is 7.11 Å². The molecule has 1 aromatic heterocycles. The van der Waals surface area contributed by atoms with E-state index in [0.717, 1.165) is 25.2 Å². The van der Waals surface area contributed by atoms with Crippen molar-refractivity contribution in [3.8, 4) is 0 Å². The number of hydrogen-bond acceptors (Lipinski definition) is 5. The molecule has 2 heterocycles. The molecular weight excluding hydrogens is 232 g/mol. The van der Waals surface area contributed by atoms with Gasteiger partial charge in [0.05, 0.1) is 24.5 Å².